The van der Waals surface area contributed by atoms with Gasteiger partial charge in [-0.1, -0.05) is 46.8 Å². The molecule has 2 heteroatoms. The van der Waals surface area contributed by atoms with E-state index in [2.05, 4.69) is 52.1 Å². The molecule has 0 aliphatic rings. The van der Waals surface area contributed by atoms with E-state index in [0.717, 1.165) is 25.2 Å². The van der Waals surface area contributed by atoms with Crippen LogP contribution in [0, 0.1) is 11.3 Å². The summed E-state index contributed by atoms with van der Waals surface area (Å²) in [5.41, 5.74) is 8.29. The molecule has 1 aromatic carbocycles. The molecule has 0 saturated carbocycles. The van der Waals surface area contributed by atoms with E-state index >= 15 is 0 Å². The van der Waals surface area contributed by atoms with Crippen LogP contribution in [-0.2, 0) is 0 Å². The summed E-state index contributed by atoms with van der Waals surface area (Å²) in [4.78, 5) is 0. The van der Waals surface area contributed by atoms with Gasteiger partial charge in [0.25, 0.3) is 0 Å². The Hall–Kier alpha value is -1.02. The lowest BCUT2D eigenvalue weighted by atomic mass is 9.81. The van der Waals surface area contributed by atoms with Crippen molar-refractivity contribution >= 4 is 5.69 Å². The van der Waals surface area contributed by atoms with Crippen molar-refractivity contribution in [2.24, 2.45) is 11.3 Å². The standard InChI is InChI=1S/C17H30N2/c1-13(2)17(4,5)12-19-11-10-14(3)15-6-8-16(18)9-7-15/h6-9,13-14,19H,10-12,18H2,1-5H3. The minimum Gasteiger partial charge on any atom is -0.399 e. The van der Waals surface area contributed by atoms with Crippen LogP contribution in [0.15, 0.2) is 24.3 Å². The molecule has 19 heavy (non-hydrogen) atoms. The van der Waals surface area contributed by atoms with Crippen molar-refractivity contribution in [3.05, 3.63) is 29.8 Å². The molecule has 0 amide bonds. The zero-order valence-electron chi connectivity index (χ0n) is 13.2. The fraction of sp³-hybridized carbons (Fsp3) is 0.647. The summed E-state index contributed by atoms with van der Waals surface area (Å²) in [5, 5.41) is 3.59. The summed E-state index contributed by atoms with van der Waals surface area (Å²) in [5.74, 6) is 1.28. The maximum absolute atomic E-state index is 5.71. The fourth-order valence-corrected chi connectivity index (χ4v) is 1.92. The Morgan fingerprint density at radius 1 is 1.11 bits per heavy atom. The Bertz CT molecular complexity index is 365. The van der Waals surface area contributed by atoms with Gasteiger partial charge in [-0.15, -0.1) is 0 Å². The average molecular weight is 262 g/mol. The SMILES string of the molecule is CC(CCNCC(C)(C)C(C)C)c1ccc(N)cc1. The molecular weight excluding hydrogens is 232 g/mol. The lowest BCUT2D eigenvalue weighted by molar-refractivity contribution is 0.238. The van der Waals surface area contributed by atoms with Gasteiger partial charge in [0.1, 0.15) is 0 Å². The molecule has 0 spiro atoms. The molecule has 2 nitrogen and oxygen atoms in total. The number of benzene rings is 1. The van der Waals surface area contributed by atoms with E-state index in [4.69, 9.17) is 5.73 Å². The molecule has 1 aromatic rings. The second-order valence-electron chi connectivity index (χ2n) is 6.68. The fourth-order valence-electron chi connectivity index (χ4n) is 1.92. The highest BCUT2D eigenvalue weighted by molar-refractivity contribution is 5.40. The molecule has 0 fully saturated rings. The number of nitrogens with two attached hydrogens (primary N) is 1. The summed E-state index contributed by atoms with van der Waals surface area (Å²) in [7, 11) is 0. The van der Waals surface area contributed by atoms with Crippen molar-refractivity contribution < 1.29 is 0 Å². The first-order chi connectivity index (χ1) is 8.83. The lowest BCUT2D eigenvalue weighted by Crippen LogP contribution is -2.34. The molecule has 1 atom stereocenters. The molecule has 0 aromatic heterocycles. The smallest absolute Gasteiger partial charge is 0.0314 e. The predicted molar refractivity (Wildman–Crippen MR) is 85.4 cm³/mol. The molecule has 0 saturated heterocycles. The number of hydrogen-bond acceptors (Lipinski definition) is 2. The second-order valence-corrected chi connectivity index (χ2v) is 6.68. The van der Waals surface area contributed by atoms with Gasteiger partial charge in [0.2, 0.25) is 0 Å². The summed E-state index contributed by atoms with van der Waals surface area (Å²) >= 11 is 0. The Kier molecular flexibility index (Phi) is 5.86. The van der Waals surface area contributed by atoms with Gasteiger partial charge in [0, 0.05) is 12.2 Å². The molecule has 3 N–H and O–H groups in total. The summed E-state index contributed by atoms with van der Waals surface area (Å²) < 4.78 is 0. The molecule has 0 heterocycles. The van der Waals surface area contributed by atoms with E-state index in [-0.39, 0.29) is 0 Å². The molecule has 1 rings (SSSR count). The Morgan fingerprint density at radius 3 is 2.21 bits per heavy atom. The minimum atomic E-state index is 0.366. The maximum atomic E-state index is 5.71. The zero-order valence-corrected chi connectivity index (χ0v) is 13.2. The van der Waals surface area contributed by atoms with Gasteiger partial charge in [-0.25, -0.2) is 0 Å². The van der Waals surface area contributed by atoms with Crippen LogP contribution >= 0.6 is 0 Å². The topological polar surface area (TPSA) is 38.0 Å². The summed E-state index contributed by atoms with van der Waals surface area (Å²) in [6.45, 7) is 13.7. The number of hydrogen-bond donors (Lipinski definition) is 2. The van der Waals surface area contributed by atoms with Gasteiger partial charge in [-0.2, -0.15) is 0 Å². The van der Waals surface area contributed by atoms with E-state index in [1.807, 2.05) is 12.1 Å². The Labute approximate surface area is 118 Å². The number of rotatable bonds is 7. The number of anilines is 1. The first-order valence-corrected chi connectivity index (χ1v) is 7.39. The molecule has 1 unspecified atom stereocenters. The van der Waals surface area contributed by atoms with Gasteiger partial charge in [0.15, 0.2) is 0 Å². The van der Waals surface area contributed by atoms with Crippen LogP contribution in [0.3, 0.4) is 0 Å². The lowest BCUT2D eigenvalue weighted by Gasteiger charge is -2.29. The third-order valence-corrected chi connectivity index (χ3v) is 4.40. The monoisotopic (exact) mass is 262 g/mol. The molecule has 0 radical (unpaired) electrons. The molecule has 0 aliphatic carbocycles. The van der Waals surface area contributed by atoms with Gasteiger partial charge in [-0.05, 0) is 47.9 Å². The van der Waals surface area contributed by atoms with E-state index in [1.165, 1.54) is 5.56 Å². The van der Waals surface area contributed by atoms with Crippen molar-refractivity contribution in [1.82, 2.24) is 5.32 Å². The zero-order chi connectivity index (χ0) is 14.5. The number of nitrogens with one attached hydrogen (secondary N) is 1. The molecule has 0 aliphatic heterocycles. The highest BCUT2D eigenvalue weighted by atomic mass is 14.9. The van der Waals surface area contributed by atoms with Crippen molar-refractivity contribution in [3.63, 3.8) is 0 Å². The van der Waals surface area contributed by atoms with Crippen LogP contribution in [-0.4, -0.2) is 13.1 Å². The highest BCUT2D eigenvalue weighted by Gasteiger charge is 2.21. The third-order valence-electron chi connectivity index (χ3n) is 4.40. The largest absolute Gasteiger partial charge is 0.399 e. The summed E-state index contributed by atoms with van der Waals surface area (Å²) in [6.07, 6.45) is 1.16. The van der Waals surface area contributed by atoms with Crippen LogP contribution in [0.5, 0.6) is 0 Å². The van der Waals surface area contributed by atoms with Gasteiger partial charge < -0.3 is 11.1 Å². The van der Waals surface area contributed by atoms with Gasteiger partial charge in [0.05, 0.1) is 0 Å². The van der Waals surface area contributed by atoms with E-state index in [0.29, 0.717) is 17.3 Å². The second kappa shape index (κ2) is 6.95. The van der Waals surface area contributed by atoms with E-state index in [1.54, 1.807) is 0 Å². The highest BCUT2D eigenvalue weighted by Crippen LogP contribution is 2.25. The van der Waals surface area contributed by atoms with Crippen molar-refractivity contribution in [2.45, 2.75) is 47.0 Å². The number of nitrogen functional groups attached to an aromatic ring is 1. The molecule has 108 valence electrons. The predicted octanol–water partition coefficient (Wildman–Crippen LogP) is 4.03. The van der Waals surface area contributed by atoms with Crippen molar-refractivity contribution in [3.8, 4) is 0 Å². The first kappa shape index (κ1) is 16.0. The van der Waals surface area contributed by atoms with Crippen LogP contribution in [0.4, 0.5) is 5.69 Å². The Morgan fingerprint density at radius 2 is 1.68 bits per heavy atom. The first-order valence-electron chi connectivity index (χ1n) is 7.39. The average Bonchev–Trinajstić information content (AvgIpc) is 2.35. The third kappa shape index (κ3) is 5.23. The van der Waals surface area contributed by atoms with Crippen LogP contribution < -0.4 is 11.1 Å². The molecular formula is C17H30N2. The van der Waals surface area contributed by atoms with Crippen LogP contribution in [0.25, 0.3) is 0 Å². The van der Waals surface area contributed by atoms with Gasteiger partial charge >= 0.3 is 0 Å². The van der Waals surface area contributed by atoms with Gasteiger partial charge in [-0.3, -0.25) is 0 Å². The minimum absolute atomic E-state index is 0.366. The maximum Gasteiger partial charge on any atom is 0.0314 e. The molecule has 0 bridgehead atoms. The quantitative estimate of drug-likeness (QED) is 0.575. The van der Waals surface area contributed by atoms with Crippen LogP contribution in [0.2, 0.25) is 0 Å². The van der Waals surface area contributed by atoms with Crippen LogP contribution in [0.1, 0.15) is 52.5 Å². The summed E-state index contributed by atoms with van der Waals surface area (Å²) in [6, 6.07) is 8.25. The van der Waals surface area contributed by atoms with E-state index in [9.17, 15) is 0 Å². The Balaban J connectivity index is 2.31. The van der Waals surface area contributed by atoms with Crippen molar-refractivity contribution in [1.29, 1.82) is 0 Å². The van der Waals surface area contributed by atoms with Crippen molar-refractivity contribution in [2.75, 3.05) is 18.8 Å². The normalized spacial score (nSPS) is 13.8. The van der Waals surface area contributed by atoms with E-state index < -0.39 is 0 Å².